The van der Waals surface area contributed by atoms with Gasteiger partial charge in [0, 0.05) is 17.8 Å². The number of hydrogen-bond donors (Lipinski definition) is 2. The molecule has 0 atom stereocenters. The zero-order valence-corrected chi connectivity index (χ0v) is 20.1. The topological polar surface area (TPSA) is 112 Å². The Morgan fingerprint density at radius 3 is 2.46 bits per heavy atom. The summed E-state index contributed by atoms with van der Waals surface area (Å²) in [6, 6.07) is 9.41. The highest BCUT2D eigenvalue weighted by Gasteiger charge is 2.33. The monoisotopic (exact) mass is 533 g/mol. The molecule has 2 aromatic carbocycles. The standard InChI is InChI=1S/C25H22ClF2N3O6/c26-24-21(37-13-16-2-3-17(27)10-18(16)28)5-7-29(25(24)36)11-15-1-4-19-20(9-15)31(23(35)12-33)14-30(19)22(34)6-8-32/h1-5,7,9-10,32-33H,6,8,11-14H2. The van der Waals surface area contributed by atoms with Gasteiger partial charge in [-0.25, -0.2) is 8.78 Å². The number of carbonyl (C=O) groups is 2. The number of carbonyl (C=O) groups excluding carboxylic acids is 2. The highest BCUT2D eigenvalue weighted by molar-refractivity contribution is 6.31. The zero-order chi connectivity index (χ0) is 26.7. The summed E-state index contributed by atoms with van der Waals surface area (Å²) in [6.07, 6.45) is 1.31. The number of nitrogens with zero attached hydrogens (tertiary/aromatic N) is 3. The van der Waals surface area contributed by atoms with Crippen molar-refractivity contribution in [3.8, 4) is 5.75 Å². The molecule has 2 amide bonds. The number of aliphatic hydroxyl groups is 2. The molecule has 0 saturated carbocycles. The van der Waals surface area contributed by atoms with Gasteiger partial charge < -0.3 is 19.5 Å². The van der Waals surface area contributed by atoms with Crippen molar-refractivity contribution < 1.29 is 33.3 Å². The number of rotatable bonds is 8. The molecule has 0 radical (unpaired) electrons. The lowest BCUT2D eigenvalue weighted by atomic mass is 10.1. The molecule has 3 aromatic rings. The van der Waals surface area contributed by atoms with E-state index in [-0.39, 0.29) is 55.1 Å². The molecule has 0 bridgehead atoms. The third kappa shape index (κ3) is 5.48. The summed E-state index contributed by atoms with van der Waals surface area (Å²) in [5.41, 5.74) is 0.927. The number of benzene rings is 2. The van der Waals surface area contributed by atoms with E-state index in [0.717, 1.165) is 12.1 Å². The van der Waals surface area contributed by atoms with E-state index in [1.54, 1.807) is 18.2 Å². The zero-order valence-electron chi connectivity index (χ0n) is 19.4. The Morgan fingerprint density at radius 2 is 1.76 bits per heavy atom. The van der Waals surface area contributed by atoms with Crippen LogP contribution in [-0.2, 0) is 22.7 Å². The Morgan fingerprint density at radius 1 is 1.00 bits per heavy atom. The van der Waals surface area contributed by atoms with Gasteiger partial charge in [0.1, 0.15) is 42.3 Å². The minimum absolute atomic E-state index is 0.0263. The highest BCUT2D eigenvalue weighted by Crippen LogP contribution is 2.37. The minimum Gasteiger partial charge on any atom is -0.487 e. The number of anilines is 2. The van der Waals surface area contributed by atoms with Gasteiger partial charge in [0.25, 0.3) is 11.5 Å². The fourth-order valence-corrected chi connectivity index (χ4v) is 4.13. The molecule has 0 unspecified atom stereocenters. The molecule has 0 aliphatic carbocycles. The van der Waals surface area contributed by atoms with Gasteiger partial charge in [-0.3, -0.25) is 24.2 Å². The molecule has 1 aliphatic rings. The first kappa shape index (κ1) is 26.3. The normalized spacial score (nSPS) is 12.6. The fourth-order valence-electron chi connectivity index (χ4n) is 3.90. The van der Waals surface area contributed by atoms with Crippen molar-refractivity contribution >= 4 is 34.8 Å². The third-order valence-electron chi connectivity index (χ3n) is 5.79. The third-order valence-corrected chi connectivity index (χ3v) is 6.14. The van der Waals surface area contributed by atoms with Crippen LogP contribution in [0.15, 0.2) is 53.5 Å². The number of amides is 2. The molecule has 2 N–H and O–H groups in total. The lowest BCUT2D eigenvalue weighted by Crippen LogP contribution is -2.39. The number of halogens is 3. The van der Waals surface area contributed by atoms with Gasteiger partial charge >= 0.3 is 0 Å². The van der Waals surface area contributed by atoms with Crippen LogP contribution in [-0.4, -0.2) is 46.5 Å². The number of fused-ring (bicyclic) bond motifs is 1. The Kier molecular flexibility index (Phi) is 7.86. The number of hydrogen-bond acceptors (Lipinski definition) is 6. The summed E-state index contributed by atoms with van der Waals surface area (Å²) in [5.74, 6) is -2.48. The minimum atomic E-state index is -0.786. The van der Waals surface area contributed by atoms with E-state index in [1.165, 1.54) is 32.7 Å². The van der Waals surface area contributed by atoms with Gasteiger partial charge in [-0.05, 0) is 35.9 Å². The Bertz CT molecular complexity index is 1410. The van der Waals surface area contributed by atoms with E-state index >= 15 is 0 Å². The lowest BCUT2D eigenvalue weighted by Gasteiger charge is -2.18. The Balaban J connectivity index is 1.56. The maximum Gasteiger partial charge on any atom is 0.273 e. The van der Waals surface area contributed by atoms with Gasteiger partial charge in [-0.2, -0.15) is 0 Å². The molecule has 4 rings (SSSR count). The first-order valence-corrected chi connectivity index (χ1v) is 11.5. The van der Waals surface area contributed by atoms with Crippen LogP contribution < -0.4 is 20.1 Å². The molecule has 12 heteroatoms. The van der Waals surface area contributed by atoms with Gasteiger partial charge in [-0.1, -0.05) is 17.7 Å². The Labute approximate surface area is 214 Å². The molecular formula is C25H22ClF2N3O6. The van der Waals surface area contributed by atoms with Crippen LogP contribution in [0.2, 0.25) is 5.02 Å². The van der Waals surface area contributed by atoms with Crippen molar-refractivity contribution in [3.63, 3.8) is 0 Å². The van der Waals surface area contributed by atoms with Gasteiger partial charge in [-0.15, -0.1) is 0 Å². The van der Waals surface area contributed by atoms with Crippen LogP contribution in [0.3, 0.4) is 0 Å². The van der Waals surface area contributed by atoms with Crippen LogP contribution >= 0.6 is 11.6 Å². The SMILES string of the molecule is O=C(CO)N1CN(C(=O)CCO)c2ccc(Cn3ccc(OCc4ccc(F)cc4F)c(Cl)c3=O)cc21. The van der Waals surface area contributed by atoms with E-state index < -0.39 is 29.7 Å². The predicted molar refractivity (Wildman–Crippen MR) is 131 cm³/mol. The van der Waals surface area contributed by atoms with Crippen LogP contribution in [0, 0.1) is 11.6 Å². The highest BCUT2D eigenvalue weighted by atomic mass is 35.5. The van der Waals surface area contributed by atoms with Crippen molar-refractivity contribution in [2.75, 3.05) is 29.7 Å². The molecule has 0 spiro atoms. The molecular weight excluding hydrogens is 512 g/mol. The largest absolute Gasteiger partial charge is 0.487 e. The van der Waals surface area contributed by atoms with Crippen LogP contribution in [0.5, 0.6) is 5.75 Å². The number of ether oxygens (including phenoxy) is 1. The second kappa shape index (κ2) is 11.1. The number of aromatic nitrogens is 1. The molecule has 37 heavy (non-hydrogen) atoms. The number of aliphatic hydroxyl groups excluding tert-OH is 2. The van der Waals surface area contributed by atoms with Gasteiger partial charge in [0.15, 0.2) is 0 Å². The smallest absolute Gasteiger partial charge is 0.273 e. The first-order chi connectivity index (χ1) is 17.7. The van der Waals surface area contributed by atoms with Gasteiger partial charge in [0.2, 0.25) is 5.91 Å². The second-order valence-corrected chi connectivity index (χ2v) is 8.57. The molecule has 1 aromatic heterocycles. The number of pyridine rings is 1. The maximum absolute atomic E-state index is 13.9. The van der Waals surface area contributed by atoms with Crippen molar-refractivity contribution in [1.29, 1.82) is 0 Å². The summed E-state index contributed by atoms with van der Waals surface area (Å²) in [4.78, 5) is 40.1. The molecule has 0 saturated heterocycles. The predicted octanol–water partition coefficient (Wildman–Crippen LogP) is 2.42. The van der Waals surface area contributed by atoms with Crippen molar-refractivity contribution in [1.82, 2.24) is 4.57 Å². The summed E-state index contributed by atoms with van der Waals surface area (Å²) in [7, 11) is 0. The van der Waals surface area contributed by atoms with Crippen LogP contribution in [0.1, 0.15) is 17.5 Å². The maximum atomic E-state index is 13.9. The first-order valence-electron chi connectivity index (χ1n) is 11.1. The average molecular weight is 534 g/mol. The van der Waals surface area contributed by atoms with E-state index in [2.05, 4.69) is 0 Å². The summed E-state index contributed by atoms with van der Waals surface area (Å²) < 4.78 is 33.7. The van der Waals surface area contributed by atoms with E-state index in [0.29, 0.717) is 16.9 Å². The average Bonchev–Trinajstić information content (AvgIpc) is 3.26. The molecule has 0 fully saturated rings. The molecule has 1 aliphatic heterocycles. The molecule has 194 valence electrons. The summed E-state index contributed by atoms with van der Waals surface area (Å²) in [6.45, 7) is -1.42. The van der Waals surface area contributed by atoms with Crippen LogP contribution in [0.25, 0.3) is 0 Å². The lowest BCUT2D eigenvalue weighted by molar-refractivity contribution is -0.121. The quantitative estimate of drug-likeness (QED) is 0.460. The Hall–Kier alpha value is -3.80. The molecule has 9 nitrogen and oxygen atoms in total. The van der Waals surface area contributed by atoms with E-state index in [4.69, 9.17) is 21.4 Å². The second-order valence-electron chi connectivity index (χ2n) is 8.19. The van der Waals surface area contributed by atoms with Crippen LogP contribution in [0.4, 0.5) is 20.2 Å². The van der Waals surface area contributed by atoms with Gasteiger partial charge in [0.05, 0.1) is 30.9 Å². The van der Waals surface area contributed by atoms with Crippen molar-refractivity contribution in [2.45, 2.75) is 19.6 Å². The molecule has 2 heterocycles. The van der Waals surface area contributed by atoms with E-state index in [1.807, 2.05) is 0 Å². The van der Waals surface area contributed by atoms with Crippen molar-refractivity contribution in [2.24, 2.45) is 0 Å². The van der Waals surface area contributed by atoms with E-state index in [9.17, 15) is 28.3 Å². The summed E-state index contributed by atoms with van der Waals surface area (Å²) >= 11 is 6.20. The fraction of sp³-hybridized carbons (Fsp3) is 0.240. The summed E-state index contributed by atoms with van der Waals surface area (Å²) in [5, 5.41) is 18.2. The van der Waals surface area contributed by atoms with Crippen molar-refractivity contribution in [3.05, 3.63) is 86.8 Å².